The molecule has 0 rings (SSSR count). The van der Waals surface area contributed by atoms with Crippen molar-refractivity contribution >= 4 is 45.2 Å². The van der Waals surface area contributed by atoms with E-state index in [1.165, 1.54) is 0 Å². The Kier molecular flexibility index (Phi) is 14.6. The van der Waals surface area contributed by atoms with Gasteiger partial charge in [-0.2, -0.15) is 105 Å². The predicted molar refractivity (Wildman–Crippen MR) is 134 cm³/mol. The van der Waals surface area contributed by atoms with Crippen LogP contribution in [-0.2, 0) is 0 Å². The fourth-order valence-corrected chi connectivity index (χ4v) is 4.35. The van der Waals surface area contributed by atoms with Gasteiger partial charge in [0, 0.05) is 58.0 Å². The second-order valence-electron chi connectivity index (χ2n) is 10.3. The smallest absolute Gasteiger partial charge is 0.200 e. The molecule has 0 aliphatic carbocycles. The summed E-state index contributed by atoms with van der Waals surface area (Å²) in [5.41, 5.74) is 0. The van der Waals surface area contributed by atoms with Gasteiger partial charge in [-0.3, -0.25) is 0 Å². The van der Waals surface area contributed by atoms with Gasteiger partial charge in [0.1, 0.15) is 0 Å². The van der Waals surface area contributed by atoms with Gasteiger partial charge in [-0.05, 0) is 12.8 Å². The first-order chi connectivity index (χ1) is 20.7. The summed E-state index contributed by atoms with van der Waals surface area (Å²) in [6.45, 7) is 0. The maximum atomic E-state index is 13.8. The van der Waals surface area contributed by atoms with Crippen LogP contribution >= 0.6 is 45.2 Å². The van der Waals surface area contributed by atoms with Gasteiger partial charge in [0.05, 0.1) is 0 Å². The SMILES string of the molecule is FC(F)(I)C(F)(F)C(F)(F)C(F)(F)C(F)(F)C(F)(F)CCCCCCCCCCC(F)(F)C(F)(F)C(F)(F)C(F)(F)C(F)(F)C(F)(F)I. The molecule has 0 saturated carbocycles. The summed E-state index contributed by atoms with van der Waals surface area (Å²) >= 11 is -1.59. The fraction of sp³-hybridized carbons (Fsp3) is 1.00. The molecule has 0 bridgehead atoms. The number of rotatable bonds is 21. The molecule has 0 aliphatic heterocycles. The lowest BCUT2D eigenvalue weighted by molar-refractivity contribution is -0.414. The zero-order chi connectivity index (χ0) is 39.1. The Labute approximate surface area is 281 Å². The fourth-order valence-electron chi connectivity index (χ4n) is 3.67. The van der Waals surface area contributed by atoms with Gasteiger partial charge in [-0.15, -0.1) is 0 Å². The van der Waals surface area contributed by atoms with Crippen molar-refractivity contribution in [2.45, 2.75) is 131 Å². The molecule has 26 heteroatoms. The molecule has 0 aromatic rings. The van der Waals surface area contributed by atoms with Crippen LogP contribution in [0.15, 0.2) is 0 Å². The summed E-state index contributed by atoms with van der Waals surface area (Å²) in [6.07, 6.45) is -9.41. The summed E-state index contributed by atoms with van der Waals surface area (Å²) in [7, 11) is 0. The highest BCUT2D eigenvalue weighted by molar-refractivity contribution is 14.1. The van der Waals surface area contributed by atoms with Gasteiger partial charge in [0.15, 0.2) is 0 Å². The van der Waals surface area contributed by atoms with Gasteiger partial charge in [0.2, 0.25) is 0 Å². The molecule has 0 spiro atoms. The van der Waals surface area contributed by atoms with Crippen molar-refractivity contribution in [2.75, 3.05) is 0 Å². The van der Waals surface area contributed by atoms with E-state index in [0.29, 0.717) is 0 Å². The van der Waals surface area contributed by atoms with Gasteiger partial charge in [-0.25, -0.2) is 0 Å². The molecular formula is C22H20F24I2. The Hall–Kier alpha value is -0.220. The molecule has 0 unspecified atom stereocenters. The molecule has 0 atom stereocenters. The van der Waals surface area contributed by atoms with E-state index in [1.807, 2.05) is 0 Å². The van der Waals surface area contributed by atoms with Crippen molar-refractivity contribution in [1.82, 2.24) is 0 Å². The molecule has 0 heterocycles. The monoisotopic (exact) mass is 994 g/mol. The van der Waals surface area contributed by atoms with Crippen LogP contribution in [0.3, 0.4) is 0 Å². The highest BCUT2D eigenvalue weighted by Crippen LogP contribution is 2.63. The maximum Gasteiger partial charge on any atom is 0.387 e. The number of alkyl halides is 26. The van der Waals surface area contributed by atoms with E-state index >= 15 is 0 Å². The zero-order valence-corrected chi connectivity index (χ0v) is 27.2. The normalized spacial score (nSPS) is 16.1. The lowest BCUT2D eigenvalue weighted by Crippen LogP contribution is -2.69. The van der Waals surface area contributed by atoms with Crippen molar-refractivity contribution in [1.29, 1.82) is 0 Å². The summed E-state index contributed by atoms with van der Waals surface area (Å²) in [4.78, 5) is 0. The van der Waals surface area contributed by atoms with E-state index in [1.54, 1.807) is 0 Å². The number of hydrogen-bond donors (Lipinski definition) is 0. The minimum atomic E-state index is -7.71. The van der Waals surface area contributed by atoms with Crippen molar-refractivity contribution in [3.05, 3.63) is 0 Å². The van der Waals surface area contributed by atoms with E-state index < -0.39 is 151 Å². The van der Waals surface area contributed by atoms with Crippen molar-refractivity contribution in [2.24, 2.45) is 0 Å². The Morgan fingerprint density at radius 2 is 0.396 bits per heavy atom. The minimum absolute atomic E-state index is 0.191. The summed E-state index contributed by atoms with van der Waals surface area (Å²) < 4.78 is 309. The standard InChI is InChI=1S/C22H20F24I2/c23-11(24,13(27,28)15(31,32)17(35,36)19(39,40)21(43,44)47)9-7-5-3-1-2-4-6-8-10-12(25,26)14(29,30)16(33,34)18(37,38)20(41,42)22(45,46)48/h1-10H2. The first kappa shape index (κ1) is 47.8. The van der Waals surface area contributed by atoms with Gasteiger partial charge in [-0.1, -0.05) is 38.5 Å². The third-order valence-corrected chi connectivity index (χ3v) is 8.08. The predicted octanol–water partition coefficient (Wildman–Crippen LogP) is 13.3. The Morgan fingerprint density at radius 3 is 0.583 bits per heavy atom. The number of unbranched alkanes of at least 4 members (excludes halogenated alkanes) is 7. The van der Waals surface area contributed by atoms with Crippen LogP contribution in [0.1, 0.15) is 64.2 Å². The highest BCUT2D eigenvalue weighted by atomic mass is 127. The largest absolute Gasteiger partial charge is 0.387 e. The second kappa shape index (κ2) is 14.7. The van der Waals surface area contributed by atoms with E-state index in [0.717, 1.165) is 0 Å². The van der Waals surface area contributed by atoms with Crippen LogP contribution in [0.5, 0.6) is 0 Å². The first-order valence-corrected chi connectivity index (χ1v) is 14.8. The molecule has 0 amide bonds. The maximum absolute atomic E-state index is 13.8. The molecule has 0 aliphatic rings. The van der Waals surface area contributed by atoms with E-state index in [-0.39, 0.29) is 25.7 Å². The number of halogens is 26. The Morgan fingerprint density at radius 1 is 0.229 bits per heavy atom. The molecule has 0 N–H and O–H groups in total. The number of hydrogen-bond acceptors (Lipinski definition) is 0. The van der Waals surface area contributed by atoms with E-state index in [2.05, 4.69) is 0 Å². The topological polar surface area (TPSA) is 0 Å². The van der Waals surface area contributed by atoms with Crippen LogP contribution in [0, 0.1) is 0 Å². The van der Waals surface area contributed by atoms with Crippen LogP contribution in [0.25, 0.3) is 0 Å². The summed E-state index contributed by atoms with van der Waals surface area (Å²) in [6, 6.07) is 0. The van der Waals surface area contributed by atoms with Crippen molar-refractivity contribution < 1.29 is 105 Å². The quantitative estimate of drug-likeness (QED) is 0.0465. The lowest BCUT2D eigenvalue weighted by Gasteiger charge is -2.40. The molecular weight excluding hydrogens is 974 g/mol. The van der Waals surface area contributed by atoms with E-state index in [9.17, 15) is 105 Å². The lowest BCUT2D eigenvalue weighted by atomic mass is 9.91. The molecule has 0 aromatic heterocycles. The van der Waals surface area contributed by atoms with Gasteiger partial charge in [0.25, 0.3) is 0 Å². The molecule has 0 aromatic carbocycles. The third kappa shape index (κ3) is 8.36. The van der Waals surface area contributed by atoms with Crippen molar-refractivity contribution in [3.8, 4) is 0 Å². The van der Waals surface area contributed by atoms with Crippen LogP contribution in [-0.4, -0.2) is 67.1 Å². The van der Waals surface area contributed by atoms with Crippen LogP contribution in [0.4, 0.5) is 105 Å². The highest BCUT2D eigenvalue weighted by Gasteiger charge is 2.91. The van der Waals surface area contributed by atoms with Gasteiger partial charge >= 0.3 is 67.1 Å². The second-order valence-corrected chi connectivity index (χ2v) is 13.0. The summed E-state index contributed by atoms with van der Waals surface area (Å²) in [5.74, 6) is -72.2. The third-order valence-electron chi connectivity index (χ3n) is 6.73. The van der Waals surface area contributed by atoms with Crippen LogP contribution in [0.2, 0.25) is 0 Å². The Balaban J connectivity index is 5.04. The summed E-state index contributed by atoms with van der Waals surface area (Å²) in [5, 5.41) is 0. The molecule has 0 radical (unpaired) electrons. The minimum Gasteiger partial charge on any atom is -0.200 e. The zero-order valence-electron chi connectivity index (χ0n) is 22.9. The van der Waals surface area contributed by atoms with Crippen molar-refractivity contribution in [3.63, 3.8) is 0 Å². The molecule has 0 saturated heterocycles. The van der Waals surface area contributed by atoms with Gasteiger partial charge < -0.3 is 0 Å². The van der Waals surface area contributed by atoms with E-state index in [4.69, 9.17) is 0 Å². The molecule has 0 nitrogen and oxygen atoms in total. The molecule has 48 heavy (non-hydrogen) atoms. The Bertz CT molecular complexity index is 960. The average Bonchev–Trinajstić information content (AvgIpc) is 2.87. The molecule has 290 valence electrons. The average molecular weight is 994 g/mol. The molecule has 0 fully saturated rings. The first-order valence-electron chi connectivity index (χ1n) is 12.6. The van der Waals surface area contributed by atoms with Crippen LogP contribution < -0.4 is 0 Å².